The van der Waals surface area contributed by atoms with Crippen molar-refractivity contribution in [3.8, 4) is 0 Å². The quantitative estimate of drug-likeness (QED) is 0.726. The number of urea groups is 1. The summed E-state index contributed by atoms with van der Waals surface area (Å²) in [6.07, 6.45) is 4.61. The highest BCUT2D eigenvalue weighted by atomic mass is 16.5. The van der Waals surface area contributed by atoms with E-state index in [-0.39, 0.29) is 6.03 Å². The number of hydrogen-bond donors (Lipinski definition) is 1. The van der Waals surface area contributed by atoms with Gasteiger partial charge in [-0.15, -0.1) is 0 Å². The van der Waals surface area contributed by atoms with Crippen LogP contribution in [-0.4, -0.2) is 43.8 Å². The van der Waals surface area contributed by atoms with E-state index in [1.807, 2.05) is 4.90 Å². The molecular formula is C13H26N2O2. The third kappa shape index (κ3) is 5.91. The summed E-state index contributed by atoms with van der Waals surface area (Å²) in [5.74, 6) is 0.635. The number of likely N-dealkylation sites (tertiary alicyclic amines) is 1. The Bertz CT molecular complexity index is 221. The number of carbonyl (C=O) groups is 1. The predicted octanol–water partition coefficient (Wildman–Crippen LogP) is 2.24. The molecule has 1 N–H and O–H groups in total. The largest absolute Gasteiger partial charge is 0.380 e. The van der Waals surface area contributed by atoms with Gasteiger partial charge in [-0.3, -0.25) is 0 Å². The first-order valence-corrected chi connectivity index (χ1v) is 6.84. The molecular weight excluding hydrogens is 216 g/mol. The molecule has 1 rings (SSSR count). The Hall–Kier alpha value is -0.770. The van der Waals surface area contributed by atoms with Gasteiger partial charge in [0.2, 0.25) is 0 Å². The maximum absolute atomic E-state index is 11.8. The fourth-order valence-corrected chi connectivity index (χ4v) is 2.06. The second kappa shape index (κ2) is 8.34. The van der Waals surface area contributed by atoms with Crippen LogP contribution < -0.4 is 5.32 Å². The molecule has 0 aromatic carbocycles. The third-order valence-corrected chi connectivity index (χ3v) is 3.11. The molecule has 0 aliphatic carbocycles. The first kappa shape index (κ1) is 14.3. The number of carbonyl (C=O) groups excluding carboxylic acids is 1. The minimum atomic E-state index is 0.0654. The zero-order valence-corrected chi connectivity index (χ0v) is 11.2. The van der Waals surface area contributed by atoms with E-state index in [1.165, 1.54) is 6.42 Å². The number of rotatable bonds is 6. The summed E-state index contributed by atoms with van der Waals surface area (Å²) in [7, 11) is 0. The number of nitrogens with one attached hydrogen (secondary N) is 1. The summed E-state index contributed by atoms with van der Waals surface area (Å²) >= 11 is 0. The fourth-order valence-electron chi connectivity index (χ4n) is 2.06. The molecule has 0 saturated carbocycles. The minimum absolute atomic E-state index is 0.0654. The lowest BCUT2D eigenvalue weighted by molar-refractivity contribution is 0.128. The topological polar surface area (TPSA) is 41.6 Å². The summed E-state index contributed by atoms with van der Waals surface area (Å²) in [4.78, 5) is 13.7. The van der Waals surface area contributed by atoms with Gasteiger partial charge in [0.15, 0.2) is 0 Å². The van der Waals surface area contributed by atoms with Crippen molar-refractivity contribution in [1.82, 2.24) is 10.2 Å². The Kier molecular flexibility index (Phi) is 7.01. The van der Waals surface area contributed by atoms with Crippen LogP contribution in [-0.2, 0) is 4.74 Å². The molecule has 0 radical (unpaired) electrons. The van der Waals surface area contributed by atoms with Crippen molar-refractivity contribution in [2.24, 2.45) is 5.92 Å². The fraction of sp³-hybridized carbons (Fsp3) is 0.923. The van der Waals surface area contributed by atoms with Gasteiger partial charge in [-0.1, -0.05) is 20.3 Å². The van der Waals surface area contributed by atoms with Gasteiger partial charge in [0.05, 0.1) is 6.61 Å². The molecule has 0 bridgehead atoms. The molecule has 1 heterocycles. The monoisotopic (exact) mass is 242 g/mol. The molecule has 4 heteroatoms. The molecule has 1 aliphatic rings. The van der Waals surface area contributed by atoms with Crippen LogP contribution in [0.3, 0.4) is 0 Å². The Morgan fingerprint density at radius 2 is 2.29 bits per heavy atom. The highest BCUT2D eigenvalue weighted by Crippen LogP contribution is 2.14. The molecule has 4 nitrogen and oxygen atoms in total. The van der Waals surface area contributed by atoms with Gasteiger partial charge in [0, 0.05) is 26.2 Å². The van der Waals surface area contributed by atoms with E-state index in [9.17, 15) is 4.79 Å². The van der Waals surface area contributed by atoms with Crippen LogP contribution in [0, 0.1) is 5.92 Å². The van der Waals surface area contributed by atoms with Gasteiger partial charge in [0.25, 0.3) is 0 Å². The van der Waals surface area contributed by atoms with Gasteiger partial charge in [-0.2, -0.15) is 0 Å². The summed E-state index contributed by atoms with van der Waals surface area (Å²) in [6.45, 7) is 8.17. The van der Waals surface area contributed by atoms with Gasteiger partial charge >= 0.3 is 6.03 Å². The van der Waals surface area contributed by atoms with E-state index in [0.29, 0.717) is 19.1 Å². The first-order valence-electron chi connectivity index (χ1n) is 6.84. The van der Waals surface area contributed by atoms with Crippen LogP contribution in [0.1, 0.15) is 39.5 Å². The minimum Gasteiger partial charge on any atom is -0.380 e. The van der Waals surface area contributed by atoms with Crippen molar-refractivity contribution < 1.29 is 9.53 Å². The zero-order valence-electron chi connectivity index (χ0n) is 11.2. The summed E-state index contributed by atoms with van der Waals surface area (Å²) < 4.78 is 5.40. The van der Waals surface area contributed by atoms with Gasteiger partial charge in [0.1, 0.15) is 0 Å². The van der Waals surface area contributed by atoms with Gasteiger partial charge < -0.3 is 15.0 Å². The van der Waals surface area contributed by atoms with Crippen LogP contribution in [0.4, 0.5) is 4.79 Å². The Morgan fingerprint density at radius 1 is 1.47 bits per heavy atom. The molecule has 2 amide bonds. The van der Waals surface area contributed by atoms with Crippen LogP contribution in [0.2, 0.25) is 0 Å². The number of piperidine rings is 1. The second-order valence-corrected chi connectivity index (χ2v) is 4.89. The molecule has 1 fully saturated rings. The second-order valence-electron chi connectivity index (χ2n) is 4.89. The molecule has 0 aromatic heterocycles. The maximum Gasteiger partial charge on any atom is 0.317 e. The highest BCUT2D eigenvalue weighted by Gasteiger charge is 2.20. The average molecular weight is 242 g/mol. The van der Waals surface area contributed by atoms with Crippen LogP contribution in [0.15, 0.2) is 0 Å². The van der Waals surface area contributed by atoms with Crippen LogP contribution in [0.25, 0.3) is 0 Å². The molecule has 100 valence electrons. The molecule has 0 spiro atoms. The average Bonchev–Trinajstić information content (AvgIpc) is 2.33. The Morgan fingerprint density at radius 3 is 3.00 bits per heavy atom. The molecule has 1 aliphatic heterocycles. The van der Waals surface area contributed by atoms with Crippen LogP contribution >= 0.6 is 0 Å². The van der Waals surface area contributed by atoms with Crippen LogP contribution in [0.5, 0.6) is 0 Å². The zero-order chi connectivity index (χ0) is 12.5. The summed E-state index contributed by atoms with van der Waals surface area (Å²) in [5, 5.41) is 2.91. The summed E-state index contributed by atoms with van der Waals surface area (Å²) in [6, 6.07) is 0.0654. The number of ether oxygens (including phenoxy) is 1. The van der Waals surface area contributed by atoms with Crippen molar-refractivity contribution in [2.45, 2.75) is 39.5 Å². The van der Waals surface area contributed by atoms with Crippen molar-refractivity contribution >= 4 is 6.03 Å². The molecule has 0 aromatic rings. The SMILES string of the molecule is CCCCOCCNC(=O)N1CCCC(C)C1. The van der Waals surface area contributed by atoms with E-state index >= 15 is 0 Å². The standard InChI is InChI=1S/C13H26N2O2/c1-3-4-9-17-10-7-14-13(16)15-8-5-6-12(2)11-15/h12H,3-11H2,1-2H3,(H,14,16). The molecule has 17 heavy (non-hydrogen) atoms. The van der Waals surface area contributed by atoms with Crippen molar-refractivity contribution in [1.29, 1.82) is 0 Å². The maximum atomic E-state index is 11.8. The number of amides is 2. The lowest BCUT2D eigenvalue weighted by Gasteiger charge is -2.30. The first-order chi connectivity index (χ1) is 8.24. The molecule has 1 unspecified atom stereocenters. The van der Waals surface area contributed by atoms with Crippen molar-refractivity contribution in [2.75, 3.05) is 32.8 Å². The van der Waals surface area contributed by atoms with E-state index in [4.69, 9.17) is 4.74 Å². The lowest BCUT2D eigenvalue weighted by atomic mass is 10.0. The number of nitrogens with zero attached hydrogens (tertiary/aromatic N) is 1. The van der Waals surface area contributed by atoms with E-state index in [2.05, 4.69) is 19.2 Å². The third-order valence-electron chi connectivity index (χ3n) is 3.11. The number of unbranched alkanes of at least 4 members (excludes halogenated alkanes) is 1. The Balaban J connectivity index is 2.04. The van der Waals surface area contributed by atoms with E-state index in [0.717, 1.165) is 39.0 Å². The molecule has 1 saturated heterocycles. The van der Waals surface area contributed by atoms with Crippen molar-refractivity contribution in [3.63, 3.8) is 0 Å². The van der Waals surface area contributed by atoms with Crippen molar-refractivity contribution in [3.05, 3.63) is 0 Å². The van der Waals surface area contributed by atoms with E-state index in [1.54, 1.807) is 0 Å². The highest BCUT2D eigenvalue weighted by molar-refractivity contribution is 5.74. The summed E-state index contributed by atoms with van der Waals surface area (Å²) in [5.41, 5.74) is 0. The predicted molar refractivity (Wildman–Crippen MR) is 69.1 cm³/mol. The molecule has 1 atom stereocenters. The lowest BCUT2D eigenvalue weighted by Crippen LogP contribution is -2.45. The normalized spacial score (nSPS) is 20.4. The van der Waals surface area contributed by atoms with Gasteiger partial charge in [-0.25, -0.2) is 4.79 Å². The van der Waals surface area contributed by atoms with E-state index < -0.39 is 0 Å². The smallest absolute Gasteiger partial charge is 0.317 e. The number of hydrogen-bond acceptors (Lipinski definition) is 2. The Labute approximate surface area is 105 Å². The van der Waals surface area contributed by atoms with Gasteiger partial charge in [-0.05, 0) is 25.2 Å².